The maximum atomic E-state index is 11.4. The summed E-state index contributed by atoms with van der Waals surface area (Å²) in [6, 6.07) is 8.89. The van der Waals surface area contributed by atoms with Gasteiger partial charge in [0.2, 0.25) is 0 Å². The number of hydrazone groups is 1. The summed E-state index contributed by atoms with van der Waals surface area (Å²) in [4.78, 5) is 11.4. The number of nitrogens with zero attached hydrogens (tertiary/aromatic N) is 1. The van der Waals surface area contributed by atoms with Gasteiger partial charge >= 0.3 is 0 Å². The molecule has 0 bridgehead atoms. The Balaban J connectivity index is 2.60. The molecule has 0 aromatic heterocycles. The number of nitrogens with one attached hydrogen (secondary N) is 1. The summed E-state index contributed by atoms with van der Waals surface area (Å²) >= 11 is 5.50. The first-order chi connectivity index (χ1) is 6.74. The van der Waals surface area contributed by atoms with Crippen molar-refractivity contribution in [3.05, 3.63) is 35.9 Å². The highest BCUT2D eigenvalue weighted by molar-refractivity contribution is 6.28. The van der Waals surface area contributed by atoms with Crippen molar-refractivity contribution in [2.75, 3.05) is 5.88 Å². The molecule has 0 spiro atoms. The summed E-state index contributed by atoms with van der Waals surface area (Å²) in [7, 11) is 0. The van der Waals surface area contributed by atoms with Gasteiger partial charge in [-0.05, 0) is 19.1 Å². The van der Waals surface area contributed by atoms with Gasteiger partial charge in [0.25, 0.3) is 5.91 Å². The van der Waals surface area contributed by atoms with Gasteiger partial charge in [0.1, 0.15) is 0 Å². The molecule has 0 aliphatic rings. The third-order valence-corrected chi connectivity index (χ3v) is 1.96. The van der Waals surface area contributed by atoms with Gasteiger partial charge in [-0.15, -0.1) is 11.6 Å². The monoisotopic (exact) mass is 210 g/mol. The van der Waals surface area contributed by atoms with Crippen LogP contribution in [0.3, 0.4) is 0 Å². The molecule has 1 aromatic rings. The van der Waals surface area contributed by atoms with E-state index in [4.69, 9.17) is 11.6 Å². The van der Waals surface area contributed by atoms with Crippen LogP contribution in [0.15, 0.2) is 35.4 Å². The minimum Gasteiger partial charge on any atom is -0.267 e. The summed E-state index contributed by atoms with van der Waals surface area (Å²) in [5.41, 5.74) is 3.67. The second-order valence-electron chi connectivity index (χ2n) is 2.79. The number of carbonyl (C=O) groups is 1. The molecule has 0 radical (unpaired) electrons. The number of halogens is 1. The average Bonchev–Trinajstić information content (AvgIpc) is 2.26. The molecule has 0 heterocycles. The van der Waals surface area contributed by atoms with Crippen LogP contribution in [0.4, 0.5) is 0 Å². The van der Waals surface area contributed by atoms with Gasteiger partial charge in [0.15, 0.2) is 0 Å². The third kappa shape index (κ3) is 3.18. The van der Waals surface area contributed by atoms with E-state index in [-0.39, 0.29) is 5.91 Å². The van der Waals surface area contributed by atoms with Crippen molar-refractivity contribution >= 4 is 23.2 Å². The Morgan fingerprint density at radius 1 is 1.43 bits per heavy atom. The molecule has 74 valence electrons. The molecule has 0 aliphatic carbocycles. The highest BCUT2D eigenvalue weighted by atomic mass is 35.5. The minimum absolute atomic E-state index is 0.227. The number of rotatable bonds is 3. The molecule has 1 N–H and O–H groups in total. The van der Waals surface area contributed by atoms with Gasteiger partial charge in [-0.2, -0.15) is 5.10 Å². The van der Waals surface area contributed by atoms with Gasteiger partial charge < -0.3 is 0 Å². The lowest BCUT2D eigenvalue weighted by atomic mass is 10.2. The highest BCUT2D eigenvalue weighted by Crippen LogP contribution is 1.97. The van der Waals surface area contributed by atoms with Gasteiger partial charge in [-0.25, -0.2) is 5.43 Å². The van der Waals surface area contributed by atoms with Crippen LogP contribution in [0.2, 0.25) is 0 Å². The van der Waals surface area contributed by atoms with Gasteiger partial charge in [-0.3, -0.25) is 4.79 Å². The Kier molecular flexibility index (Phi) is 4.13. The van der Waals surface area contributed by atoms with Crippen molar-refractivity contribution in [3.63, 3.8) is 0 Å². The van der Waals surface area contributed by atoms with Gasteiger partial charge in [0, 0.05) is 11.3 Å². The van der Waals surface area contributed by atoms with E-state index in [1.807, 2.05) is 6.07 Å². The molecule has 4 heteroatoms. The van der Waals surface area contributed by atoms with Gasteiger partial charge in [-0.1, -0.05) is 18.2 Å². The maximum absolute atomic E-state index is 11.4. The Labute approximate surface area is 87.8 Å². The topological polar surface area (TPSA) is 41.5 Å². The third-order valence-electron chi connectivity index (χ3n) is 1.58. The SMILES string of the molecule is C/C(CCl)=N/NC(=O)c1ccccc1. The number of carbonyl (C=O) groups excluding carboxylic acids is 1. The average molecular weight is 211 g/mol. The van der Waals surface area contributed by atoms with Crippen molar-refractivity contribution in [3.8, 4) is 0 Å². The lowest BCUT2D eigenvalue weighted by Crippen LogP contribution is -2.19. The zero-order valence-electron chi connectivity index (χ0n) is 7.83. The van der Waals surface area contributed by atoms with E-state index in [0.29, 0.717) is 17.2 Å². The molecule has 0 aliphatic heterocycles. The first kappa shape index (κ1) is 10.7. The van der Waals surface area contributed by atoms with E-state index in [1.54, 1.807) is 31.2 Å². The van der Waals surface area contributed by atoms with E-state index >= 15 is 0 Å². The van der Waals surface area contributed by atoms with Crippen molar-refractivity contribution in [1.29, 1.82) is 0 Å². The van der Waals surface area contributed by atoms with Crippen molar-refractivity contribution in [2.45, 2.75) is 6.92 Å². The number of alkyl halides is 1. The quantitative estimate of drug-likeness (QED) is 0.463. The Morgan fingerprint density at radius 2 is 2.07 bits per heavy atom. The van der Waals surface area contributed by atoms with Crippen LogP contribution in [0.1, 0.15) is 17.3 Å². The van der Waals surface area contributed by atoms with Crippen molar-refractivity contribution in [2.24, 2.45) is 5.10 Å². The van der Waals surface area contributed by atoms with Crippen LogP contribution in [-0.4, -0.2) is 17.5 Å². The molecule has 0 atom stereocenters. The summed E-state index contributed by atoms with van der Waals surface area (Å²) in [5.74, 6) is 0.0878. The fourth-order valence-corrected chi connectivity index (χ4v) is 0.890. The minimum atomic E-state index is -0.227. The molecule has 1 amide bonds. The number of hydrogen-bond donors (Lipinski definition) is 1. The van der Waals surface area contributed by atoms with E-state index in [0.717, 1.165) is 0 Å². The van der Waals surface area contributed by atoms with Crippen LogP contribution >= 0.6 is 11.6 Å². The Hall–Kier alpha value is -1.35. The number of hydrogen-bond acceptors (Lipinski definition) is 2. The van der Waals surface area contributed by atoms with Crippen molar-refractivity contribution < 1.29 is 4.79 Å². The molecule has 0 saturated heterocycles. The molecule has 1 aromatic carbocycles. The largest absolute Gasteiger partial charge is 0.271 e. The van der Waals surface area contributed by atoms with Crippen LogP contribution < -0.4 is 5.43 Å². The van der Waals surface area contributed by atoms with E-state index in [1.165, 1.54) is 0 Å². The highest BCUT2D eigenvalue weighted by Gasteiger charge is 2.01. The Bertz CT molecular complexity index is 335. The maximum Gasteiger partial charge on any atom is 0.271 e. The molecule has 0 saturated carbocycles. The molecule has 3 nitrogen and oxygen atoms in total. The van der Waals surface area contributed by atoms with Crippen molar-refractivity contribution in [1.82, 2.24) is 5.43 Å². The summed E-state index contributed by atoms with van der Waals surface area (Å²) < 4.78 is 0. The standard InChI is InChI=1S/C10H11ClN2O/c1-8(7-11)12-13-10(14)9-5-3-2-4-6-9/h2-6H,7H2,1H3,(H,13,14)/b12-8-. The predicted molar refractivity (Wildman–Crippen MR) is 57.7 cm³/mol. The zero-order chi connectivity index (χ0) is 10.4. The second kappa shape index (κ2) is 5.40. The zero-order valence-corrected chi connectivity index (χ0v) is 8.58. The van der Waals surface area contributed by atoms with Crippen LogP contribution in [0.5, 0.6) is 0 Å². The second-order valence-corrected chi connectivity index (χ2v) is 3.05. The molecular formula is C10H11ClN2O. The Morgan fingerprint density at radius 3 is 2.64 bits per heavy atom. The predicted octanol–water partition coefficient (Wildman–Crippen LogP) is 2.03. The lowest BCUT2D eigenvalue weighted by Gasteiger charge is -1.99. The van der Waals surface area contributed by atoms with Crippen LogP contribution in [0, 0.1) is 0 Å². The normalized spacial score (nSPS) is 11.1. The van der Waals surface area contributed by atoms with Crippen LogP contribution in [0.25, 0.3) is 0 Å². The van der Waals surface area contributed by atoms with E-state index in [2.05, 4.69) is 10.5 Å². The molecular weight excluding hydrogens is 200 g/mol. The lowest BCUT2D eigenvalue weighted by molar-refractivity contribution is 0.0955. The summed E-state index contributed by atoms with van der Waals surface area (Å²) in [6.07, 6.45) is 0. The number of benzene rings is 1. The van der Waals surface area contributed by atoms with Gasteiger partial charge in [0.05, 0.1) is 5.88 Å². The first-order valence-corrected chi connectivity index (χ1v) is 4.72. The molecule has 0 fully saturated rings. The molecule has 0 unspecified atom stereocenters. The van der Waals surface area contributed by atoms with E-state index in [9.17, 15) is 4.79 Å². The first-order valence-electron chi connectivity index (χ1n) is 4.18. The van der Waals surface area contributed by atoms with E-state index < -0.39 is 0 Å². The summed E-state index contributed by atoms with van der Waals surface area (Å²) in [5, 5.41) is 3.80. The number of amides is 1. The molecule has 14 heavy (non-hydrogen) atoms. The summed E-state index contributed by atoms with van der Waals surface area (Å²) in [6.45, 7) is 1.75. The fourth-order valence-electron chi connectivity index (χ4n) is 0.830. The molecule has 1 rings (SSSR count). The fraction of sp³-hybridized carbons (Fsp3) is 0.200. The smallest absolute Gasteiger partial charge is 0.267 e. The van der Waals surface area contributed by atoms with Crippen LogP contribution in [-0.2, 0) is 0 Å².